The zero-order valence-corrected chi connectivity index (χ0v) is 11.0. The highest BCUT2D eigenvalue weighted by Crippen LogP contribution is 2.34. The normalized spacial score (nSPS) is 26.8. The molecule has 1 heterocycles. The van der Waals surface area contributed by atoms with E-state index in [-0.39, 0.29) is 12.4 Å². The van der Waals surface area contributed by atoms with Crippen LogP contribution < -0.4 is 5.73 Å². The van der Waals surface area contributed by atoms with Gasteiger partial charge in [-0.3, -0.25) is 0 Å². The molecule has 1 aliphatic heterocycles. The smallest absolute Gasteiger partial charge is 0.0588 e. The number of likely N-dealkylation sites (N-methyl/N-ethyl adjacent to an activating group) is 1. The third-order valence-corrected chi connectivity index (χ3v) is 3.80. The molecule has 1 saturated carbocycles. The van der Waals surface area contributed by atoms with Gasteiger partial charge in [-0.2, -0.15) is 0 Å². The van der Waals surface area contributed by atoms with Crippen LogP contribution in [0.15, 0.2) is 0 Å². The number of nitrogens with zero attached hydrogens (tertiary/aromatic N) is 1. The molecular formula is C12H25ClN2O. The summed E-state index contributed by atoms with van der Waals surface area (Å²) < 4.78 is 5.63. The predicted molar refractivity (Wildman–Crippen MR) is 69.0 cm³/mol. The van der Waals surface area contributed by atoms with Crippen molar-refractivity contribution in [3.8, 4) is 0 Å². The van der Waals surface area contributed by atoms with Gasteiger partial charge in [-0.1, -0.05) is 0 Å². The molecule has 0 radical (unpaired) electrons. The monoisotopic (exact) mass is 248 g/mol. The molecule has 0 aromatic carbocycles. The Hall–Kier alpha value is 0.170. The van der Waals surface area contributed by atoms with Gasteiger partial charge in [0.1, 0.15) is 0 Å². The van der Waals surface area contributed by atoms with Gasteiger partial charge >= 0.3 is 0 Å². The third kappa shape index (κ3) is 3.88. The standard InChI is InChI=1S/C12H24N2O.ClH/c1-14(12(9-13)10-4-5-10)7-6-11-3-2-8-15-11;/h10-12H,2-9,13H2,1H3;1H. The molecule has 0 bridgehead atoms. The van der Waals surface area contributed by atoms with Gasteiger partial charge in [0.05, 0.1) is 6.10 Å². The maximum absolute atomic E-state index is 5.83. The summed E-state index contributed by atoms with van der Waals surface area (Å²) in [6.45, 7) is 2.92. The van der Waals surface area contributed by atoms with Gasteiger partial charge in [0.25, 0.3) is 0 Å². The van der Waals surface area contributed by atoms with Gasteiger partial charge in [0.2, 0.25) is 0 Å². The fourth-order valence-electron chi connectivity index (χ4n) is 2.60. The highest BCUT2D eigenvalue weighted by molar-refractivity contribution is 5.85. The molecule has 0 spiro atoms. The van der Waals surface area contributed by atoms with E-state index in [1.54, 1.807) is 0 Å². The van der Waals surface area contributed by atoms with Gasteiger partial charge in [-0.25, -0.2) is 0 Å². The van der Waals surface area contributed by atoms with Gasteiger partial charge in [0, 0.05) is 25.7 Å². The first-order chi connectivity index (χ1) is 7.31. The van der Waals surface area contributed by atoms with E-state index in [1.807, 2.05) is 0 Å². The highest BCUT2D eigenvalue weighted by Gasteiger charge is 2.32. The fourth-order valence-corrected chi connectivity index (χ4v) is 2.60. The van der Waals surface area contributed by atoms with Crippen LogP contribution in [0, 0.1) is 5.92 Å². The Morgan fingerprint density at radius 3 is 2.62 bits per heavy atom. The summed E-state index contributed by atoms with van der Waals surface area (Å²) in [5.41, 5.74) is 5.83. The topological polar surface area (TPSA) is 38.5 Å². The van der Waals surface area contributed by atoms with Crippen LogP contribution in [-0.2, 0) is 4.74 Å². The van der Waals surface area contributed by atoms with E-state index in [1.165, 1.54) is 32.1 Å². The Kier molecular flexibility index (Phi) is 6.05. The van der Waals surface area contributed by atoms with Crippen molar-refractivity contribution in [2.75, 3.05) is 26.7 Å². The SMILES string of the molecule is CN(CCC1CCCO1)C(CN)C1CC1.Cl. The lowest BCUT2D eigenvalue weighted by atomic mass is 10.1. The molecule has 2 atom stereocenters. The molecule has 96 valence electrons. The molecule has 2 rings (SSSR count). The molecule has 1 saturated heterocycles. The highest BCUT2D eigenvalue weighted by atomic mass is 35.5. The minimum Gasteiger partial charge on any atom is -0.378 e. The van der Waals surface area contributed by atoms with Crippen LogP contribution in [0.1, 0.15) is 32.1 Å². The van der Waals surface area contributed by atoms with Crippen molar-refractivity contribution in [3.05, 3.63) is 0 Å². The van der Waals surface area contributed by atoms with Crippen molar-refractivity contribution in [2.45, 2.75) is 44.2 Å². The van der Waals surface area contributed by atoms with Crippen LogP contribution in [-0.4, -0.2) is 43.8 Å². The number of hydrogen-bond donors (Lipinski definition) is 1. The maximum atomic E-state index is 5.83. The van der Waals surface area contributed by atoms with Crippen molar-refractivity contribution in [3.63, 3.8) is 0 Å². The minimum atomic E-state index is 0. The molecule has 0 aromatic rings. The van der Waals surface area contributed by atoms with E-state index in [0.717, 1.165) is 25.6 Å². The zero-order valence-electron chi connectivity index (χ0n) is 10.2. The fraction of sp³-hybridized carbons (Fsp3) is 1.00. The van der Waals surface area contributed by atoms with Gasteiger partial charge in [-0.15, -0.1) is 12.4 Å². The van der Waals surface area contributed by atoms with Gasteiger partial charge < -0.3 is 15.4 Å². The van der Waals surface area contributed by atoms with Gasteiger partial charge in [0.15, 0.2) is 0 Å². The third-order valence-electron chi connectivity index (χ3n) is 3.80. The second-order valence-electron chi connectivity index (χ2n) is 5.04. The van der Waals surface area contributed by atoms with Crippen LogP contribution in [0.5, 0.6) is 0 Å². The Balaban J connectivity index is 0.00000128. The molecule has 0 aromatic heterocycles. The summed E-state index contributed by atoms with van der Waals surface area (Å²) in [6, 6.07) is 0.617. The van der Waals surface area contributed by atoms with E-state index >= 15 is 0 Å². The Labute approximate surface area is 105 Å². The summed E-state index contributed by atoms with van der Waals surface area (Å²) in [5.74, 6) is 0.879. The van der Waals surface area contributed by atoms with Crippen molar-refractivity contribution < 1.29 is 4.74 Å². The number of rotatable bonds is 6. The number of ether oxygens (including phenoxy) is 1. The number of hydrogen-bond acceptors (Lipinski definition) is 3. The Morgan fingerprint density at radius 1 is 1.38 bits per heavy atom. The van der Waals surface area contributed by atoms with E-state index in [4.69, 9.17) is 10.5 Å². The summed E-state index contributed by atoms with van der Waals surface area (Å²) in [4.78, 5) is 2.44. The van der Waals surface area contributed by atoms with E-state index in [2.05, 4.69) is 11.9 Å². The van der Waals surface area contributed by atoms with Crippen molar-refractivity contribution >= 4 is 12.4 Å². The Bertz CT molecular complexity index is 193. The molecule has 3 nitrogen and oxygen atoms in total. The van der Waals surface area contributed by atoms with Crippen LogP contribution in [0.2, 0.25) is 0 Å². The van der Waals surface area contributed by atoms with Crippen LogP contribution in [0.25, 0.3) is 0 Å². The van der Waals surface area contributed by atoms with E-state index in [0.29, 0.717) is 12.1 Å². The maximum Gasteiger partial charge on any atom is 0.0588 e. The van der Waals surface area contributed by atoms with E-state index in [9.17, 15) is 0 Å². The van der Waals surface area contributed by atoms with E-state index < -0.39 is 0 Å². The summed E-state index contributed by atoms with van der Waals surface area (Å²) in [5, 5.41) is 0. The molecule has 0 amide bonds. The summed E-state index contributed by atoms with van der Waals surface area (Å²) in [6.07, 6.45) is 6.96. The average molecular weight is 249 g/mol. The van der Waals surface area contributed by atoms with Crippen molar-refractivity contribution in [2.24, 2.45) is 11.7 Å². The zero-order chi connectivity index (χ0) is 10.7. The lowest BCUT2D eigenvalue weighted by Crippen LogP contribution is -2.40. The molecule has 2 N–H and O–H groups in total. The molecular weight excluding hydrogens is 224 g/mol. The number of nitrogens with two attached hydrogens (primary N) is 1. The predicted octanol–water partition coefficient (Wildman–Crippen LogP) is 1.65. The number of halogens is 1. The largest absolute Gasteiger partial charge is 0.378 e. The van der Waals surface area contributed by atoms with Crippen molar-refractivity contribution in [1.82, 2.24) is 4.90 Å². The molecule has 16 heavy (non-hydrogen) atoms. The van der Waals surface area contributed by atoms with Gasteiger partial charge in [-0.05, 0) is 45.1 Å². The van der Waals surface area contributed by atoms with Crippen LogP contribution in [0.4, 0.5) is 0 Å². The molecule has 1 aliphatic carbocycles. The first-order valence-electron chi connectivity index (χ1n) is 6.33. The molecule has 2 unspecified atom stereocenters. The Morgan fingerprint density at radius 2 is 2.12 bits per heavy atom. The summed E-state index contributed by atoms with van der Waals surface area (Å²) in [7, 11) is 2.21. The molecule has 4 heteroatoms. The second kappa shape index (κ2) is 6.80. The first-order valence-corrected chi connectivity index (χ1v) is 6.33. The van der Waals surface area contributed by atoms with Crippen LogP contribution in [0.3, 0.4) is 0 Å². The lowest BCUT2D eigenvalue weighted by molar-refractivity contribution is 0.0883. The van der Waals surface area contributed by atoms with Crippen molar-refractivity contribution in [1.29, 1.82) is 0 Å². The average Bonchev–Trinajstić information content (AvgIpc) is 2.93. The molecule has 2 fully saturated rings. The molecule has 2 aliphatic rings. The summed E-state index contributed by atoms with van der Waals surface area (Å²) >= 11 is 0. The van der Waals surface area contributed by atoms with Crippen LogP contribution >= 0.6 is 12.4 Å². The first kappa shape index (κ1) is 14.2. The minimum absolute atomic E-state index is 0. The second-order valence-corrected chi connectivity index (χ2v) is 5.04. The quantitative estimate of drug-likeness (QED) is 0.777. The lowest BCUT2D eigenvalue weighted by Gasteiger charge is -2.27.